The van der Waals surface area contributed by atoms with Crippen molar-refractivity contribution in [1.29, 1.82) is 0 Å². The van der Waals surface area contributed by atoms with Gasteiger partial charge in [0.05, 0.1) is 4.91 Å². The molecule has 0 saturated heterocycles. The summed E-state index contributed by atoms with van der Waals surface area (Å²) in [5.74, 6) is 1.31. The molecule has 0 saturated carbocycles. The summed E-state index contributed by atoms with van der Waals surface area (Å²) in [6.07, 6.45) is 4.24. The van der Waals surface area contributed by atoms with E-state index in [9.17, 15) is 10.2 Å². The fourth-order valence-corrected chi connectivity index (χ4v) is 5.30. The number of phenols is 1. The summed E-state index contributed by atoms with van der Waals surface area (Å²) in [7, 11) is 4.26. The molecule has 0 fully saturated rings. The molecule has 0 spiro atoms. The van der Waals surface area contributed by atoms with Gasteiger partial charge in [0.15, 0.2) is 0 Å². The van der Waals surface area contributed by atoms with Crippen molar-refractivity contribution in [3.8, 4) is 16.9 Å². The van der Waals surface area contributed by atoms with Crippen molar-refractivity contribution in [2.24, 2.45) is 0 Å². The van der Waals surface area contributed by atoms with Gasteiger partial charge in [0.2, 0.25) is 5.88 Å². The Hall–Kier alpha value is -2.37. The number of allylic oxidation sites excluding steroid dienone is 1. The highest BCUT2D eigenvalue weighted by Crippen LogP contribution is 2.51. The Bertz CT molecular complexity index is 1020. The average Bonchev–Trinajstić information content (AvgIpc) is 3.29. The average molecular weight is 378 g/mol. The van der Waals surface area contributed by atoms with E-state index in [0.29, 0.717) is 6.04 Å². The Kier molecular flexibility index (Phi) is 3.78. The molecule has 27 heavy (non-hydrogen) atoms. The number of likely N-dealkylation sites (N-methyl/N-ethyl adjacent to an activating group) is 1. The summed E-state index contributed by atoms with van der Waals surface area (Å²) >= 11 is 1.62. The molecule has 2 aliphatic heterocycles. The van der Waals surface area contributed by atoms with Crippen LogP contribution in [0.5, 0.6) is 5.75 Å². The molecule has 3 aliphatic rings. The molecule has 5 rings (SSSR count). The number of nitrogens with zero attached hydrogens (tertiary/aromatic N) is 1. The zero-order valence-electron chi connectivity index (χ0n) is 15.4. The molecule has 138 valence electrons. The van der Waals surface area contributed by atoms with Crippen molar-refractivity contribution in [2.75, 3.05) is 25.2 Å². The van der Waals surface area contributed by atoms with Gasteiger partial charge >= 0.3 is 0 Å². The van der Waals surface area contributed by atoms with Gasteiger partial charge in [0.1, 0.15) is 5.75 Å². The van der Waals surface area contributed by atoms with Crippen LogP contribution in [0.3, 0.4) is 0 Å². The molecule has 0 aromatic heterocycles. The van der Waals surface area contributed by atoms with Crippen molar-refractivity contribution < 1.29 is 10.2 Å². The molecular formula is C22H22N2O2S. The van der Waals surface area contributed by atoms with Crippen LogP contribution >= 0.6 is 11.8 Å². The number of phenolic OH excluding ortho intramolecular Hbond substituents is 1. The van der Waals surface area contributed by atoms with Crippen molar-refractivity contribution in [1.82, 2.24) is 4.90 Å². The number of benzene rings is 2. The SMILES string of the molecule is CN(C)C1Cc2ccc(-c3c(O)ccc4c3C3=CCSC3=C(O)N4)cc2C1. The third-order valence-corrected chi connectivity index (χ3v) is 6.85. The number of aromatic hydroxyl groups is 1. The van der Waals surface area contributed by atoms with Gasteiger partial charge in [-0.3, -0.25) is 0 Å². The summed E-state index contributed by atoms with van der Waals surface area (Å²) in [6, 6.07) is 10.6. The number of rotatable bonds is 2. The van der Waals surface area contributed by atoms with Gasteiger partial charge < -0.3 is 20.4 Å². The summed E-state index contributed by atoms with van der Waals surface area (Å²) in [4.78, 5) is 3.15. The maximum atomic E-state index is 10.7. The molecule has 5 heteroatoms. The van der Waals surface area contributed by atoms with E-state index in [1.807, 2.05) is 6.07 Å². The fraction of sp³-hybridized carbons (Fsp3) is 0.273. The zero-order chi connectivity index (χ0) is 18.7. The molecule has 4 nitrogen and oxygen atoms in total. The second-order valence-electron chi connectivity index (χ2n) is 7.62. The van der Waals surface area contributed by atoms with Gasteiger partial charge in [-0.25, -0.2) is 0 Å². The number of anilines is 1. The number of aliphatic hydroxyl groups excluding tert-OH is 1. The monoisotopic (exact) mass is 378 g/mol. The molecule has 0 radical (unpaired) electrons. The Labute approximate surface area is 163 Å². The summed E-state index contributed by atoms with van der Waals surface area (Å²) in [6.45, 7) is 0. The van der Waals surface area contributed by atoms with Crippen molar-refractivity contribution in [3.05, 3.63) is 63.9 Å². The molecule has 1 atom stereocenters. The highest BCUT2D eigenvalue weighted by Gasteiger charge is 2.31. The van der Waals surface area contributed by atoms with Gasteiger partial charge in [0, 0.05) is 34.2 Å². The van der Waals surface area contributed by atoms with E-state index in [-0.39, 0.29) is 11.6 Å². The topological polar surface area (TPSA) is 55.7 Å². The van der Waals surface area contributed by atoms with Crippen molar-refractivity contribution in [2.45, 2.75) is 18.9 Å². The van der Waals surface area contributed by atoms with Gasteiger partial charge in [-0.1, -0.05) is 24.3 Å². The van der Waals surface area contributed by atoms with E-state index in [0.717, 1.165) is 51.5 Å². The van der Waals surface area contributed by atoms with E-state index in [1.165, 1.54) is 11.1 Å². The van der Waals surface area contributed by atoms with Crippen molar-refractivity contribution in [3.63, 3.8) is 0 Å². The Morgan fingerprint density at radius 2 is 1.85 bits per heavy atom. The number of nitrogens with one attached hydrogen (secondary N) is 1. The van der Waals surface area contributed by atoms with E-state index in [1.54, 1.807) is 17.8 Å². The quantitative estimate of drug-likeness (QED) is 0.678. The number of fused-ring (bicyclic) bond motifs is 4. The first-order valence-electron chi connectivity index (χ1n) is 9.21. The maximum Gasteiger partial charge on any atom is 0.203 e. The Balaban J connectivity index is 1.65. The fourth-order valence-electron chi connectivity index (χ4n) is 4.36. The van der Waals surface area contributed by atoms with E-state index >= 15 is 0 Å². The number of thioether (sulfide) groups is 1. The minimum Gasteiger partial charge on any atom is -0.507 e. The lowest BCUT2D eigenvalue weighted by Crippen LogP contribution is -2.27. The predicted molar refractivity (Wildman–Crippen MR) is 112 cm³/mol. The lowest BCUT2D eigenvalue weighted by atomic mass is 9.89. The van der Waals surface area contributed by atoms with E-state index < -0.39 is 0 Å². The predicted octanol–water partition coefficient (Wildman–Crippen LogP) is 4.37. The third-order valence-electron chi connectivity index (χ3n) is 5.82. The summed E-state index contributed by atoms with van der Waals surface area (Å²) in [5.41, 5.74) is 7.47. The second-order valence-corrected chi connectivity index (χ2v) is 8.65. The van der Waals surface area contributed by atoms with Gasteiger partial charge in [0.25, 0.3) is 0 Å². The van der Waals surface area contributed by atoms with Gasteiger partial charge in [-0.15, -0.1) is 11.8 Å². The third kappa shape index (κ3) is 2.57. The number of hydrogen-bond donors (Lipinski definition) is 3. The highest BCUT2D eigenvalue weighted by molar-refractivity contribution is 8.04. The second kappa shape index (κ2) is 6.08. The van der Waals surface area contributed by atoms with Crippen LogP contribution in [0.2, 0.25) is 0 Å². The number of aliphatic hydroxyl groups is 1. The Morgan fingerprint density at radius 3 is 2.67 bits per heavy atom. The first-order valence-corrected chi connectivity index (χ1v) is 10.2. The van der Waals surface area contributed by atoms with Crippen LogP contribution in [0.25, 0.3) is 16.7 Å². The molecule has 0 bridgehead atoms. The molecule has 1 unspecified atom stereocenters. The van der Waals surface area contributed by atoms with Gasteiger partial charge in [-0.2, -0.15) is 0 Å². The van der Waals surface area contributed by atoms with Crippen LogP contribution in [-0.2, 0) is 12.8 Å². The highest BCUT2D eigenvalue weighted by atomic mass is 32.2. The van der Waals surface area contributed by atoms with Crippen LogP contribution < -0.4 is 5.32 Å². The van der Waals surface area contributed by atoms with E-state index in [2.05, 4.69) is 48.6 Å². The molecular weight excluding hydrogens is 356 g/mol. The standard InChI is InChI=1S/C22H22N2O2S/c1-24(2)15-10-12-3-4-13(9-14(12)11-15)19-18(25)6-5-17-20(19)16-7-8-27-21(16)22(26)23-17/h3-7,9,15,23,25-26H,8,10-11H2,1-2H3. The smallest absolute Gasteiger partial charge is 0.203 e. The van der Waals surface area contributed by atoms with Crippen LogP contribution in [-0.4, -0.2) is 41.0 Å². The zero-order valence-corrected chi connectivity index (χ0v) is 16.2. The minimum absolute atomic E-state index is 0.204. The van der Waals surface area contributed by atoms with Gasteiger partial charge in [-0.05, 0) is 55.8 Å². The molecule has 1 aliphatic carbocycles. The van der Waals surface area contributed by atoms with Crippen LogP contribution in [0.15, 0.2) is 47.2 Å². The summed E-state index contributed by atoms with van der Waals surface area (Å²) in [5, 5.41) is 24.1. The van der Waals surface area contributed by atoms with Crippen LogP contribution in [0.1, 0.15) is 16.7 Å². The minimum atomic E-state index is 0.204. The molecule has 0 amide bonds. The summed E-state index contributed by atoms with van der Waals surface area (Å²) < 4.78 is 0. The molecule has 2 heterocycles. The largest absolute Gasteiger partial charge is 0.507 e. The van der Waals surface area contributed by atoms with Crippen molar-refractivity contribution >= 4 is 23.0 Å². The van der Waals surface area contributed by atoms with Crippen LogP contribution in [0, 0.1) is 0 Å². The number of hydrogen-bond acceptors (Lipinski definition) is 5. The molecule has 2 aromatic rings. The molecule has 3 N–H and O–H groups in total. The lowest BCUT2D eigenvalue weighted by molar-refractivity contribution is 0.303. The Morgan fingerprint density at radius 1 is 1.04 bits per heavy atom. The maximum absolute atomic E-state index is 10.7. The van der Waals surface area contributed by atoms with Crippen LogP contribution in [0.4, 0.5) is 5.69 Å². The molecule has 2 aromatic carbocycles. The first kappa shape index (κ1) is 16.8. The van der Waals surface area contributed by atoms with E-state index in [4.69, 9.17) is 0 Å². The lowest BCUT2D eigenvalue weighted by Gasteiger charge is -2.24. The normalized spacial score (nSPS) is 20.3. The first-order chi connectivity index (χ1) is 13.0.